The van der Waals surface area contributed by atoms with E-state index < -0.39 is 12.1 Å². The minimum absolute atomic E-state index is 0.191. The van der Waals surface area contributed by atoms with E-state index in [0.717, 1.165) is 5.56 Å². The Bertz CT molecular complexity index is 460. The standard InChI is InChI=1S/C16H25N3O2/c1-11(2)9-14(16(21)18-3)19-15(20)13(17)10-12-7-5-4-6-8-12/h4-8,11,13-14H,9-10,17H2,1-3H3,(H,18,21)(H,19,20)/t13-,14?/m1/s1. The molecule has 1 aromatic carbocycles. The van der Waals surface area contributed by atoms with E-state index in [2.05, 4.69) is 10.6 Å². The molecule has 0 aliphatic heterocycles. The van der Waals surface area contributed by atoms with Crippen LogP contribution in [0.1, 0.15) is 25.8 Å². The van der Waals surface area contributed by atoms with E-state index >= 15 is 0 Å². The van der Waals surface area contributed by atoms with Crippen LogP contribution in [0.4, 0.5) is 0 Å². The van der Waals surface area contributed by atoms with Gasteiger partial charge in [-0.25, -0.2) is 0 Å². The molecule has 0 aromatic heterocycles. The van der Waals surface area contributed by atoms with Crippen LogP contribution in [0, 0.1) is 5.92 Å². The zero-order valence-electron chi connectivity index (χ0n) is 12.9. The summed E-state index contributed by atoms with van der Waals surface area (Å²) in [5.74, 6) is -0.185. The Kier molecular flexibility index (Phi) is 6.88. The lowest BCUT2D eigenvalue weighted by atomic mass is 10.0. The number of hydrogen-bond acceptors (Lipinski definition) is 3. The van der Waals surface area contributed by atoms with Gasteiger partial charge in [-0.1, -0.05) is 44.2 Å². The number of amides is 2. The molecule has 2 atom stereocenters. The number of nitrogens with two attached hydrogens (primary N) is 1. The van der Waals surface area contributed by atoms with Gasteiger partial charge >= 0.3 is 0 Å². The second-order valence-corrected chi connectivity index (χ2v) is 5.60. The minimum Gasteiger partial charge on any atom is -0.357 e. The van der Waals surface area contributed by atoms with Gasteiger partial charge in [0.1, 0.15) is 6.04 Å². The van der Waals surface area contributed by atoms with Crippen LogP contribution >= 0.6 is 0 Å². The van der Waals surface area contributed by atoms with Crippen LogP contribution in [0.3, 0.4) is 0 Å². The molecule has 5 nitrogen and oxygen atoms in total. The summed E-state index contributed by atoms with van der Waals surface area (Å²) in [5, 5.41) is 5.31. The number of carbonyl (C=O) groups excluding carboxylic acids is 2. The molecular formula is C16H25N3O2. The Morgan fingerprint density at radius 1 is 1.14 bits per heavy atom. The van der Waals surface area contributed by atoms with Crippen molar-refractivity contribution in [3.8, 4) is 0 Å². The third-order valence-corrected chi connectivity index (χ3v) is 3.22. The fourth-order valence-electron chi connectivity index (χ4n) is 2.12. The zero-order chi connectivity index (χ0) is 15.8. The van der Waals surface area contributed by atoms with E-state index in [4.69, 9.17) is 5.73 Å². The smallest absolute Gasteiger partial charge is 0.242 e. The summed E-state index contributed by atoms with van der Waals surface area (Å²) in [6, 6.07) is 8.39. The predicted octanol–water partition coefficient (Wildman–Crippen LogP) is 0.833. The number of carbonyl (C=O) groups is 2. The van der Waals surface area contributed by atoms with Crippen molar-refractivity contribution >= 4 is 11.8 Å². The zero-order valence-corrected chi connectivity index (χ0v) is 12.9. The van der Waals surface area contributed by atoms with E-state index in [-0.39, 0.29) is 11.8 Å². The average Bonchev–Trinajstić information content (AvgIpc) is 2.46. The summed E-state index contributed by atoms with van der Waals surface area (Å²) in [6.45, 7) is 4.01. The monoisotopic (exact) mass is 291 g/mol. The molecule has 0 fully saturated rings. The maximum Gasteiger partial charge on any atom is 0.242 e. The van der Waals surface area contributed by atoms with Gasteiger partial charge in [0.15, 0.2) is 0 Å². The quantitative estimate of drug-likeness (QED) is 0.696. The van der Waals surface area contributed by atoms with Crippen molar-refractivity contribution < 1.29 is 9.59 Å². The molecule has 2 amide bonds. The van der Waals surface area contributed by atoms with Crippen LogP contribution in [0.25, 0.3) is 0 Å². The molecule has 5 heteroatoms. The first-order valence-corrected chi connectivity index (χ1v) is 7.25. The van der Waals surface area contributed by atoms with Gasteiger partial charge < -0.3 is 16.4 Å². The first-order valence-electron chi connectivity index (χ1n) is 7.25. The van der Waals surface area contributed by atoms with E-state index in [1.54, 1.807) is 7.05 Å². The van der Waals surface area contributed by atoms with Crippen molar-refractivity contribution in [1.82, 2.24) is 10.6 Å². The summed E-state index contributed by atoms with van der Waals surface area (Å²) in [7, 11) is 1.56. The van der Waals surface area contributed by atoms with E-state index in [1.807, 2.05) is 44.2 Å². The second-order valence-electron chi connectivity index (χ2n) is 5.60. The Morgan fingerprint density at radius 3 is 2.29 bits per heavy atom. The summed E-state index contributed by atoms with van der Waals surface area (Å²) in [5.41, 5.74) is 6.93. The molecule has 0 radical (unpaired) electrons. The molecule has 1 aromatic rings. The van der Waals surface area contributed by atoms with Gasteiger partial charge in [-0.2, -0.15) is 0 Å². The van der Waals surface area contributed by atoms with Crippen molar-refractivity contribution in [2.45, 2.75) is 38.8 Å². The van der Waals surface area contributed by atoms with E-state index in [0.29, 0.717) is 18.8 Å². The normalized spacial score (nSPS) is 13.6. The highest BCUT2D eigenvalue weighted by Crippen LogP contribution is 2.06. The van der Waals surface area contributed by atoms with Crippen molar-refractivity contribution in [2.24, 2.45) is 11.7 Å². The molecule has 0 spiro atoms. The average molecular weight is 291 g/mol. The van der Waals surface area contributed by atoms with Crippen LogP contribution in [0.5, 0.6) is 0 Å². The third-order valence-electron chi connectivity index (χ3n) is 3.22. The Hall–Kier alpha value is -1.88. The largest absolute Gasteiger partial charge is 0.357 e. The fraction of sp³-hybridized carbons (Fsp3) is 0.500. The summed E-state index contributed by atoms with van der Waals surface area (Å²) < 4.78 is 0. The molecule has 0 saturated carbocycles. The lowest BCUT2D eigenvalue weighted by molar-refractivity contribution is -0.129. The fourth-order valence-corrected chi connectivity index (χ4v) is 2.12. The Labute approximate surface area is 126 Å². The SMILES string of the molecule is CNC(=O)C(CC(C)C)NC(=O)[C@H](N)Cc1ccccc1. The predicted molar refractivity (Wildman–Crippen MR) is 83.6 cm³/mol. The number of benzene rings is 1. The maximum absolute atomic E-state index is 12.1. The summed E-state index contributed by atoms with van der Waals surface area (Å²) >= 11 is 0. The first-order chi connectivity index (χ1) is 9.93. The lowest BCUT2D eigenvalue weighted by Gasteiger charge is -2.21. The Balaban J connectivity index is 2.61. The van der Waals surface area contributed by atoms with Crippen LogP contribution in [-0.2, 0) is 16.0 Å². The van der Waals surface area contributed by atoms with Crippen LogP contribution in [0.15, 0.2) is 30.3 Å². The van der Waals surface area contributed by atoms with Gasteiger partial charge in [0.05, 0.1) is 6.04 Å². The number of likely N-dealkylation sites (N-methyl/N-ethyl adjacent to an activating group) is 1. The molecule has 1 rings (SSSR count). The van der Waals surface area contributed by atoms with Crippen molar-refractivity contribution in [1.29, 1.82) is 0 Å². The first kappa shape index (κ1) is 17.2. The van der Waals surface area contributed by atoms with Crippen molar-refractivity contribution in [3.63, 3.8) is 0 Å². The highest BCUT2D eigenvalue weighted by atomic mass is 16.2. The molecule has 0 bridgehead atoms. The molecule has 1 unspecified atom stereocenters. The molecule has 0 saturated heterocycles. The maximum atomic E-state index is 12.1. The summed E-state index contributed by atoms with van der Waals surface area (Å²) in [6.07, 6.45) is 1.04. The third kappa shape index (κ3) is 5.95. The van der Waals surface area contributed by atoms with Crippen molar-refractivity contribution in [3.05, 3.63) is 35.9 Å². The summed E-state index contributed by atoms with van der Waals surface area (Å²) in [4.78, 5) is 23.9. The van der Waals surface area contributed by atoms with Gasteiger partial charge in [-0.3, -0.25) is 9.59 Å². The van der Waals surface area contributed by atoms with Crippen LogP contribution in [0.2, 0.25) is 0 Å². The molecule has 21 heavy (non-hydrogen) atoms. The lowest BCUT2D eigenvalue weighted by Crippen LogP contribution is -2.52. The van der Waals surface area contributed by atoms with Gasteiger partial charge in [-0.05, 0) is 24.3 Å². The van der Waals surface area contributed by atoms with Gasteiger partial charge in [0.2, 0.25) is 11.8 Å². The molecule has 0 aliphatic carbocycles. The minimum atomic E-state index is -0.660. The van der Waals surface area contributed by atoms with Crippen LogP contribution < -0.4 is 16.4 Å². The van der Waals surface area contributed by atoms with E-state index in [9.17, 15) is 9.59 Å². The topological polar surface area (TPSA) is 84.2 Å². The number of hydrogen-bond donors (Lipinski definition) is 3. The number of rotatable bonds is 7. The van der Waals surface area contributed by atoms with Crippen LogP contribution in [-0.4, -0.2) is 30.9 Å². The molecule has 4 N–H and O–H groups in total. The highest BCUT2D eigenvalue weighted by Gasteiger charge is 2.23. The van der Waals surface area contributed by atoms with Gasteiger partial charge in [0, 0.05) is 7.05 Å². The second kappa shape index (κ2) is 8.42. The molecular weight excluding hydrogens is 266 g/mol. The molecule has 0 aliphatic rings. The van der Waals surface area contributed by atoms with Gasteiger partial charge in [-0.15, -0.1) is 0 Å². The molecule has 0 heterocycles. The molecule has 116 valence electrons. The Morgan fingerprint density at radius 2 is 1.76 bits per heavy atom. The highest BCUT2D eigenvalue weighted by molar-refractivity contribution is 5.89. The van der Waals surface area contributed by atoms with E-state index in [1.165, 1.54) is 0 Å². The number of nitrogens with one attached hydrogen (secondary N) is 2. The van der Waals surface area contributed by atoms with Gasteiger partial charge in [0.25, 0.3) is 0 Å². The van der Waals surface area contributed by atoms with Crippen molar-refractivity contribution in [2.75, 3.05) is 7.05 Å².